The molecule has 5 fully saturated rings. The van der Waals surface area contributed by atoms with Crippen molar-refractivity contribution >= 4 is 11.9 Å². The van der Waals surface area contributed by atoms with Crippen LogP contribution in [0.5, 0.6) is 0 Å². The molecule has 186 valence electrons. The smallest absolute Gasteiger partial charge is 0.338 e. The summed E-state index contributed by atoms with van der Waals surface area (Å²) in [6.45, 7) is 0.508. The molecule has 0 aromatic heterocycles. The predicted molar refractivity (Wildman–Crippen MR) is 110 cm³/mol. The fraction of sp³-hybridized carbons (Fsp3) is 0.652. The van der Waals surface area contributed by atoms with Crippen LogP contribution < -0.4 is 0 Å². The molecule has 0 amide bonds. The van der Waals surface area contributed by atoms with Crippen molar-refractivity contribution in [3.8, 4) is 0 Å². The third-order valence-electron chi connectivity index (χ3n) is 8.07. The van der Waals surface area contributed by atoms with Crippen molar-refractivity contribution in [2.45, 2.75) is 67.8 Å². The molecule has 10 atom stereocenters. The van der Waals surface area contributed by atoms with E-state index in [1.165, 1.54) is 0 Å². The van der Waals surface area contributed by atoms with Crippen LogP contribution in [-0.2, 0) is 23.7 Å². The molecule has 2 saturated heterocycles. The number of hydrogen-bond donors (Lipinski definition) is 5. The Morgan fingerprint density at radius 1 is 1.09 bits per heavy atom. The van der Waals surface area contributed by atoms with E-state index in [4.69, 9.17) is 18.9 Å². The number of ether oxygens (including phenoxy) is 4. The van der Waals surface area contributed by atoms with Gasteiger partial charge in [-0.1, -0.05) is 18.2 Å². The van der Waals surface area contributed by atoms with Crippen LogP contribution in [0.25, 0.3) is 0 Å². The van der Waals surface area contributed by atoms with Crippen LogP contribution in [0.2, 0.25) is 0 Å². The Hall–Kier alpha value is -2.12. The average Bonchev–Trinajstić information content (AvgIpc) is 2.88. The number of fused-ring (bicyclic) bond motifs is 1. The highest BCUT2D eigenvalue weighted by Gasteiger charge is 2.88. The second-order valence-electron chi connectivity index (χ2n) is 9.76. The molecule has 11 heteroatoms. The number of aliphatic hydroxyl groups excluding tert-OH is 5. The Kier molecular flexibility index (Phi) is 5.52. The van der Waals surface area contributed by atoms with Gasteiger partial charge in [0, 0.05) is 12.3 Å². The molecule has 4 bridgehead atoms. The number of carbonyl (C=O) groups is 2. The average molecular weight is 480 g/mol. The van der Waals surface area contributed by atoms with E-state index in [2.05, 4.69) is 0 Å². The Balaban J connectivity index is 1.46. The third kappa shape index (κ3) is 2.95. The molecule has 34 heavy (non-hydrogen) atoms. The van der Waals surface area contributed by atoms with Crippen molar-refractivity contribution in [1.29, 1.82) is 0 Å². The van der Waals surface area contributed by atoms with Gasteiger partial charge in [0.25, 0.3) is 0 Å². The minimum absolute atomic E-state index is 0.0508. The van der Waals surface area contributed by atoms with Crippen LogP contribution in [0.4, 0.5) is 0 Å². The van der Waals surface area contributed by atoms with E-state index >= 15 is 0 Å². The Labute approximate surface area is 194 Å². The molecule has 0 radical (unpaired) electrons. The van der Waals surface area contributed by atoms with Crippen LogP contribution in [0, 0.1) is 11.3 Å². The summed E-state index contributed by atoms with van der Waals surface area (Å²) in [6.07, 6.45) is -8.41. The molecule has 3 aliphatic carbocycles. The first-order valence-electron chi connectivity index (χ1n) is 11.2. The second-order valence-corrected chi connectivity index (χ2v) is 9.76. The summed E-state index contributed by atoms with van der Waals surface area (Å²) < 4.78 is 22.9. The van der Waals surface area contributed by atoms with Crippen molar-refractivity contribution in [2.75, 3.05) is 13.2 Å². The number of hydrogen-bond acceptors (Lipinski definition) is 11. The third-order valence-corrected chi connectivity index (χ3v) is 8.07. The van der Waals surface area contributed by atoms with Crippen LogP contribution in [-0.4, -0.2) is 98.7 Å². The zero-order valence-corrected chi connectivity index (χ0v) is 18.4. The lowest BCUT2D eigenvalue weighted by atomic mass is 9.40. The lowest BCUT2D eigenvalue weighted by Gasteiger charge is -2.66. The molecule has 6 rings (SSSR count). The Morgan fingerprint density at radius 2 is 1.79 bits per heavy atom. The Morgan fingerprint density at radius 3 is 2.47 bits per heavy atom. The van der Waals surface area contributed by atoms with E-state index in [1.807, 2.05) is 0 Å². The normalized spacial score (nSPS) is 47.0. The minimum Gasteiger partial charge on any atom is -0.461 e. The topological polar surface area (TPSA) is 172 Å². The predicted octanol–water partition coefficient (Wildman–Crippen LogP) is -1.51. The van der Waals surface area contributed by atoms with E-state index in [0.29, 0.717) is 0 Å². The van der Waals surface area contributed by atoms with Crippen molar-refractivity contribution in [3.05, 3.63) is 35.9 Å². The van der Waals surface area contributed by atoms with Gasteiger partial charge in [0.05, 0.1) is 18.3 Å². The van der Waals surface area contributed by atoms with Crippen LogP contribution in [0.3, 0.4) is 0 Å². The highest BCUT2D eigenvalue weighted by Crippen LogP contribution is 2.73. The van der Waals surface area contributed by atoms with Gasteiger partial charge in [-0.3, -0.25) is 4.79 Å². The fourth-order valence-electron chi connectivity index (χ4n) is 6.19. The number of benzene rings is 1. The standard InChI is InChI=1S/C23H28O11/c1-21-8-13(25)12-7-23(21,33-19-17(28)16(27)15(26)14(9-24)32-19)22(12,20(30)34-21)10-31-18(29)11-5-3-2-4-6-11/h2-6,12-17,19,24-28H,7-10H2,1H3/t12-,13+,14+,15+,16-,17+,19-,21-,22?,23-/m0/s1. The van der Waals surface area contributed by atoms with Crippen molar-refractivity contribution < 1.29 is 54.1 Å². The molecule has 1 unspecified atom stereocenters. The molecule has 11 nitrogen and oxygen atoms in total. The first-order valence-corrected chi connectivity index (χ1v) is 11.2. The molecular formula is C23H28O11. The maximum atomic E-state index is 13.2. The molecule has 5 N–H and O–H groups in total. The van der Waals surface area contributed by atoms with Crippen LogP contribution in [0.1, 0.15) is 30.1 Å². The molecular weight excluding hydrogens is 452 g/mol. The maximum absolute atomic E-state index is 13.2. The van der Waals surface area contributed by atoms with Gasteiger partial charge in [-0.2, -0.15) is 0 Å². The summed E-state index contributed by atoms with van der Waals surface area (Å²) in [5.41, 5.74) is -4.08. The molecule has 2 heterocycles. The summed E-state index contributed by atoms with van der Waals surface area (Å²) in [7, 11) is 0. The van der Waals surface area contributed by atoms with Gasteiger partial charge in [0.2, 0.25) is 0 Å². The summed E-state index contributed by atoms with van der Waals surface area (Å²) >= 11 is 0. The van der Waals surface area contributed by atoms with E-state index in [0.717, 1.165) is 0 Å². The molecule has 3 saturated carbocycles. The molecule has 5 aliphatic rings. The first-order chi connectivity index (χ1) is 16.1. The zero-order valence-electron chi connectivity index (χ0n) is 18.4. The molecule has 1 aromatic carbocycles. The van der Waals surface area contributed by atoms with Gasteiger partial charge in [-0.05, 0) is 25.5 Å². The number of aliphatic hydroxyl groups is 5. The van der Waals surface area contributed by atoms with E-state index in [9.17, 15) is 35.1 Å². The second kappa shape index (κ2) is 7.95. The quantitative estimate of drug-likeness (QED) is 0.300. The van der Waals surface area contributed by atoms with Crippen LogP contribution >= 0.6 is 0 Å². The van der Waals surface area contributed by atoms with Gasteiger partial charge in [0.15, 0.2) is 6.29 Å². The largest absolute Gasteiger partial charge is 0.461 e. The fourth-order valence-corrected chi connectivity index (χ4v) is 6.19. The minimum atomic E-state index is -1.69. The summed E-state index contributed by atoms with van der Waals surface area (Å²) in [6, 6.07) is 8.20. The van der Waals surface area contributed by atoms with Crippen molar-refractivity contribution in [2.24, 2.45) is 11.3 Å². The molecule has 0 spiro atoms. The number of rotatable bonds is 6. The molecule has 2 aliphatic heterocycles. The number of esters is 2. The SMILES string of the molecule is C[C@]12C[C@@H](O)[C@@H]3C[C@@]1(O[C@@H]1O[C@H](CO)[C@@H](O)[C@H](O)[C@H]1O)C3(COC(=O)c1ccccc1)C(=O)O2. The summed E-state index contributed by atoms with van der Waals surface area (Å²) in [5, 5.41) is 51.0. The van der Waals surface area contributed by atoms with Gasteiger partial charge in [0.1, 0.15) is 47.6 Å². The van der Waals surface area contributed by atoms with Crippen molar-refractivity contribution in [3.63, 3.8) is 0 Å². The summed E-state index contributed by atoms with van der Waals surface area (Å²) in [4.78, 5) is 25.9. The van der Waals surface area contributed by atoms with Gasteiger partial charge >= 0.3 is 11.9 Å². The zero-order chi connectivity index (χ0) is 24.5. The Bertz CT molecular complexity index is 969. The molecule has 1 aromatic rings. The lowest BCUT2D eigenvalue weighted by molar-refractivity contribution is -0.394. The van der Waals surface area contributed by atoms with Crippen molar-refractivity contribution in [1.82, 2.24) is 0 Å². The van der Waals surface area contributed by atoms with E-state index < -0.39 is 84.5 Å². The first kappa shape index (κ1) is 23.6. The van der Waals surface area contributed by atoms with E-state index in [1.54, 1.807) is 37.3 Å². The summed E-state index contributed by atoms with van der Waals surface area (Å²) in [5.74, 6) is -2.00. The van der Waals surface area contributed by atoms with E-state index in [-0.39, 0.29) is 18.4 Å². The highest BCUT2D eigenvalue weighted by atomic mass is 16.7. The monoisotopic (exact) mass is 480 g/mol. The maximum Gasteiger partial charge on any atom is 0.338 e. The van der Waals surface area contributed by atoms with Gasteiger partial charge < -0.3 is 44.5 Å². The number of carbonyl (C=O) groups excluding carboxylic acids is 2. The van der Waals surface area contributed by atoms with Gasteiger partial charge in [-0.15, -0.1) is 0 Å². The van der Waals surface area contributed by atoms with Gasteiger partial charge in [-0.25, -0.2) is 4.79 Å². The lowest BCUT2D eigenvalue weighted by Crippen LogP contribution is -2.80. The highest BCUT2D eigenvalue weighted by molar-refractivity contribution is 5.90. The van der Waals surface area contributed by atoms with Crippen LogP contribution in [0.15, 0.2) is 30.3 Å².